The monoisotopic (exact) mass is 236 g/mol. The Bertz CT molecular complexity index is 240. The SMILES string of the molecule is CCCNCCCS(=O)(=O)N(C)CCC. The number of sulfonamides is 1. The summed E-state index contributed by atoms with van der Waals surface area (Å²) in [6.07, 6.45) is 2.64. The summed E-state index contributed by atoms with van der Waals surface area (Å²) in [5.41, 5.74) is 0. The van der Waals surface area contributed by atoms with Gasteiger partial charge in [-0.1, -0.05) is 13.8 Å². The van der Waals surface area contributed by atoms with E-state index >= 15 is 0 Å². The molecule has 5 heteroatoms. The summed E-state index contributed by atoms with van der Waals surface area (Å²) in [6, 6.07) is 0. The van der Waals surface area contributed by atoms with Gasteiger partial charge in [0.05, 0.1) is 5.75 Å². The number of hydrogen-bond donors (Lipinski definition) is 1. The molecule has 0 radical (unpaired) electrons. The van der Waals surface area contributed by atoms with E-state index in [1.54, 1.807) is 7.05 Å². The Morgan fingerprint density at radius 2 is 1.80 bits per heavy atom. The molecule has 0 rings (SSSR count). The van der Waals surface area contributed by atoms with E-state index in [1.165, 1.54) is 4.31 Å². The maximum atomic E-state index is 11.7. The molecule has 0 fully saturated rings. The summed E-state index contributed by atoms with van der Waals surface area (Å²) in [5, 5.41) is 3.20. The maximum Gasteiger partial charge on any atom is 0.213 e. The lowest BCUT2D eigenvalue weighted by atomic mass is 10.4. The fourth-order valence-corrected chi connectivity index (χ4v) is 2.57. The normalized spacial score (nSPS) is 12.3. The summed E-state index contributed by atoms with van der Waals surface area (Å²) in [5.74, 6) is 0.250. The third kappa shape index (κ3) is 6.87. The predicted molar refractivity (Wildman–Crippen MR) is 64.5 cm³/mol. The largest absolute Gasteiger partial charge is 0.317 e. The molecular formula is C10H24N2O2S. The predicted octanol–water partition coefficient (Wildman–Crippen LogP) is 1.05. The van der Waals surface area contributed by atoms with Crippen molar-refractivity contribution in [2.24, 2.45) is 0 Å². The molecule has 0 saturated carbocycles. The van der Waals surface area contributed by atoms with Crippen molar-refractivity contribution in [3.8, 4) is 0 Å². The van der Waals surface area contributed by atoms with E-state index in [1.807, 2.05) is 6.92 Å². The highest BCUT2D eigenvalue weighted by Gasteiger charge is 2.15. The molecule has 0 aliphatic heterocycles. The van der Waals surface area contributed by atoms with Crippen LogP contribution in [0.4, 0.5) is 0 Å². The standard InChI is InChI=1S/C10H24N2O2S/c1-4-7-11-8-6-10-15(13,14)12(3)9-5-2/h11H,4-10H2,1-3H3. The molecule has 0 unspecified atom stereocenters. The van der Waals surface area contributed by atoms with Gasteiger partial charge >= 0.3 is 0 Å². The molecule has 0 bridgehead atoms. The Labute approximate surface area is 94.1 Å². The van der Waals surface area contributed by atoms with Crippen molar-refractivity contribution < 1.29 is 8.42 Å². The molecular weight excluding hydrogens is 212 g/mol. The van der Waals surface area contributed by atoms with Gasteiger partial charge in [0.15, 0.2) is 0 Å². The zero-order valence-electron chi connectivity index (χ0n) is 10.1. The second-order valence-electron chi connectivity index (χ2n) is 3.74. The lowest BCUT2D eigenvalue weighted by Crippen LogP contribution is -2.31. The van der Waals surface area contributed by atoms with E-state index in [0.29, 0.717) is 13.0 Å². The quantitative estimate of drug-likeness (QED) is 0.609. The van der Waals surface area contributed by atoms with Gasteiger partial charge in [0.25, 0.3) is 0 Å². The lowest BCUT2D eigenvalue weighted by Gasteiger charge is -2.15. The van der Waals surface area contributed by atoms with Crippen LogP contribution in [-0.2, 0) is 10.0 Å². The Balaban J connectivity index is 3.74. The van der Waals surface area contributed by atoms with Crippen LogP contribution in [0.2, 0.25) is 0 Å². The molecule has 0 heterocycles. The molecule has 0 amide bonds. The van der Waals surface area contributed by atoms with Crippen molar-refractivity contribution in [3.05, 3.63) is 0 Å². The van der Waals surface area contributed by atoms with E-state index in [4.69, 9.17) is 0 Å². The average molecular weight is 236 g/mol. The van der Waals surface area contributed by atoms with Crippen molar-refractivity contribution in [3.63, 3.8) is 0 Å². The van der Waals surface area contributed by atoms with Gasteiger partial charge in [-0.25, -0.2) is 12.7 Å². The third-order valence-corrected chi connectivity index (χ3v) is 4.13. The molecule has 1 N–H and O–H groups in total. The van der Waals surface area contributed by atoms with E-state index in [0.717, 1.165) is 25.9 Å². The van der Waals surface area contributed by atoms with Gasteiger partial charge < -0.3 is 5.32 Å². The third-order valence-electron chi connectivity index (χ3n) is 2.20. The van der Waals surface area contributed by atoms with Crippen LogP contribution in [-0.4, -0.2) is 45.2 Å². The van der Waals surface area contributed by atoms with Crippen LogP contribution >= 0.6 is 0 Å². The molecule has 0 aliphatic carbocycles. The minimum atomic E-state index is -3.02. The van der Waals surface area contributed by atoms with Crippen molar-refractivity contribution >= 4 is 10.0 Å². The van der Waals surface area contributed by atoms with E-state index in [-0.39, 0.29) is 5.75 Å². The van der Waals surface area contributed by atoms with Gasteiger partial charge in [0, 0.05) is 13.6 Å². The van der Waals surface area contributed by atoms with E-state index in [2.05, 4.69) is 12.2 Å². The first-order valence-corrected chi connectivity index (χ1v) is 7.30. The minimum Gasteiger partial charge on any atom is -0.317 e. The zero-order chi connectivity index (χ0) is 11.7. The minimum absolute atomic E-state index is 0.250. The van der Waals surface area contributed by atoms with Crippen molar-refractivity contribution in [2.45, 2.75) is 33.1 Å². The van der Waals surface area contributed by atoms with Gasteiger partial charge in [-0.2, -0.15) is 0 Å². The number of nitrogens with zero attached hydrogens (tertiary/aromatic N) is 1. The van der Waals surface area contributed by atoms with Gasteiger partial charge in [0.2, 0.25) is 10.0 Å². The molecule has 0 aromatic heterocycles. The molecule has 0 aliphatic rings. The highest BCUT2D eigenvalue weighted by molar-refractivity contribution is 7.89. The second-order valence-corrected chi connectivity index (χ2v) is 5.94. The molecule has 92 valence electrons. The van der Waals surface area contributed by atoms with Crippen LogP contribution in [0.15, 0.2) is 0 Å². The van der Waals surface area contributed by atoms with Crippen molar-refractivity contribution in [1.29, 1.82) is 0 Å². The Kier molecular flexibility index (Phi) is 8.00. The first-order valence-electron chi connectivity index (χ1n) is 5.69. The first-order chi connectivity index (χ1) is 7.04. The van der Waals surface area contributed by atoms with Crippen LogP contribution in [0.1, 0.15) is 33.1 Å². The van der Waals surface area contributed by atoms with Gasteiger partial charge in [-0.15, -0.1) is 0 Å². The second kappa shape index (κ2) is 8.07. The zero-order valence-corrected chi connectivity index (χ0v) is 10.9. The molecule has 0 aromatic rings. The van der Waals surface area contributed by atoms with Gasteiger partial charge in [-0.3, -0.25) is 0 Å². The fraction of sp³-hybridized carbons (Fsp3) is 1.00. The molecule has 4 nitrogen and oxygen atoms in total. The van der Waals surface area contributed by atoms with Crippen LogP contribution in [0.3, 0.4) is 0 Å². The topological polar surface area (TPSA) is 49.4 Å². The molecule has 0 atom stereocenters. The first kappa shape index (κ1) is 14.9. The summed E-state index contributed by atoms with van der Waals surface area (Å²) in [6.45, 7) is 6.44. The van der Waals surface area contributed by atoms with Crippen molar-refractivity contribution in [1.82, 2.24) is 9.62 Å². The Hall–Kier alpha value is -0.130. The van der Waals surface area contributed by atoms with Crippen LogP contribution in [0.5, 0.6) is 0 Å². The van der Waals surface area contributed by atoms with E-state index < -0.39 is 10.0 Å². The van der Waals surface area contributed by atoms with Crippen LogP contribution < -0.4 is 5.32 Å². The summed E-state index contributed by atoms with van der Waals surface area (Å²) >= 11 is 0. The summed E-state index contributed by atoms with van der Waals surface area (Å²) < 4.78 is 24.8. The number of rotatable bonds is 9. The average Bonchev–Trinajstić information content (AvgIpc) is 2.18. The number of nitrogens with one attached hydrogen (secondary N) is 1. The number of hydrogen-bond acceptors (Lipinski definition) is 3. The lowest BCUT2D eigenvalue weighted by molar-refractivity contribution is 0.466. The van der Waals surface area contributed by atoms with Crippen molar-refractivity contribution in [2.75, 3.05) is 32.4 Å². The highest BCUT2D eigenvalue weighted by atomic mass is 32.2. The highest BCUT2D eigenvalue weighted by Crippen LogP contribution is 2.00. The fourth-order valence-electron chi connectivity index (χ4n) is 1.29. The van der Waals surface area contributed by atoms with Crippen LogP contribution in [0, 0.1) is 0 Å². The summed E-state index contributed by atoms with van der Waals surface area (Å²) in [4.78, 5) is 0. The molecule has 0 spiro atoms. The Morgan fingerprint density at radius 1 is 1.13 bits per heavy atom. The van der Waals surface area contributed by atoms with E-state index in [9.17, 15) is 8.42 Å². The van der Waals surface area contributed by atoms with Crippen LogP contribution in [0.25, 0.3) is 0 Å². The Morgan fingerprint density at radius 3 is 2.33 bits per heavy atom. The molecule has 15 heavy (non-hydrogen) atoms. The maximum absolute atomic E-state index is 11.7. The molecule has 0 saturated heterocycles. The van der Waals surface area contributed by atoms with Gasteiger partial charge in [0.1, 0.15) is 0 Å². The molecule has 0 aromatic carbocycles. The summed E-state index contributed by atoms with van der Waals surface area (Å²) in [7, 11) is -1.37. The van der Waals surface area contributed by atoms with Gasteiger partial charge in [-0.05, 0) is 32.4 Å². The smallest absolute Gasteiger partial charge is 0.213 e.